The van der Waals surface area contributed by atoms with Crippen LogP contribution < -0.4 is 4.74 Å². The molecule has 0 aliphatic carbocycles. The van der Waals surface area contributed by atoms with E-state index in [4.69, 9.17) is 0 Å². The summed E-state index contributed by atoms with van der Waals surface area (Å²) in [5.41, 5.74) is 0. The van der Waals surface area contributed by atoms with Crippen LogP contribution in [0.3, 0.4) is 0 Å². The Hall–Kier alpha value is -1.74. The second-order valence-electron chi connectivity index (χ2n) is 1.85. The van der Waals surface area contributed by atoms with Gasteiger partial charge >= 0.3 is 0 Å². The Morgan fingerprint density at radius 1 is 1.75 bits per heavy atom. The zero-order chi connectivity index (χ0) is 8.97. The topological polar surface area (TPSA) is 51.6 Å². The van der Waals surface area contributed by atoms with E-state index >= 15 is 0 Å². The first-order valence-electron chi connectivity index (χ1n) is 3.06. The molecule has 0 aliphatic heterocycles. The van der Waals surface area contributed by atoms with Crippen molar-refractivity contribution in [1.29, 1.82) is 0 Å². The molecular formula is C7H5FN2O2. The molecular weight excluding hydrogens is 163 g/mol. The highest BCUT2D eigenvalue weighted by atomic mass is 19.1. The number of hydrogen-bond acceptors (Lipinski definition) is 4. The summed E-state index contributed by atoms with van der Waals surface area (Å²) in [4.78, 5) is 16.3. The van der Waals surface area contributed by atoms with Gasteiger partial charge < -0.3 is 4.74 Å². The summed E-state index contributed by atoms with van der Waals surface area (Å²) in [5, 5.41) is 0. The average molecular weight is 168 g/mol. The van der Waals surface area contributed by atoms with Crippen LogP contribution in [0, 0.1) is 5.82 Å². The Bertz CT molecular complexity index is 334. The lowest BCUT2D eigenvalue weighted by atomic mass is 10.4. The molecule has 0 saturated heterocycles. The maximum Gasteiger partial charge on any atom is 0.242 e. The monoisotopic (exact) mass is 168 g/mol. The number of ether oxygens (including phenoxy) is 1. The van der Waals surface area contributed by atoms with E-state index in [2.05, 4.69) is 14.7 Å². The summed E-state index contributed by atoms with van der Waals surface area (Å²) >= 11 is 0. The number of methoxy groups -OCH3 is 1. The van der Waals surface area contributed by atoms with Crippen LogP contribution in [0.5, 0.6) is 5.75 Å². The molecule has 5 heteroatoms. The van der Waals surface area contributed by atoms with Crippen molar-refractivity contribution < 1.29 is 13.9 Å². The van der Waals surface area contributed by atoms with Gasteiger partial charge in [0.05, 0.1) is 7.11 Å². The smallest absolute Gasteiger partial charge is 0.242 e. The molecule has 62 valence electrons. The summed E-state index contributed by atoms with van der Waals surface area (Å²) in [6.45, 7) is 0. The Morgan fingerprint density at radius 3 is 3.08 bits per heavy atom. The fourth-order valence-electron chi connectivity index (χ4n) is 0.694. The van der Waals surface area contributed by atoms with Gasteiger partial charge in [-0.2, -0.15) is 4.39 Å². The van der Waals surface area contributed by atoms with E-state index in [1.807, 2.05) is 0 Å². The number of aliphatic imine (C=N–C) groups is 1. The third-order valence-corrected chi connectivity index (χ3v) is 1.21. The molecule has 1 aromatic heterocycles. The zero-order valence-electron chi connectivity index (χ0n) is 6.24. The van der Waals surface area contributed by atoms with Gasteiger partial charge in [0.15, 0.2) is 5.75 Å². The molecule has 0 radical (unpaired) electrons. The molecule has 0 N–H and O–H groups in total. The van der Waals surface area contributed by atoms with Crippen LogP contribution in [0.2, 0.25) is 0 Å². The molecule has 0 aromatic carbocycles. The summed E-state index contributed by atoms with van der Waals surface area (Å²) in [6.07, 6.45) is 2.48. The molecule has 1 rings (SSSR count). The fraction of sp³-hybridized carbons (Fsp3) is 0.143. The van der Waals surface area contributed by atoms with E-state index in [0.29, 0.717) is 0 Å². The molecule has 0 saturated carbocycles. The van der Waals surface area contributed by atoms with E-state index in [9.17, 15) is 9.18 Å². The lowest BCUT2D eigenvalue weighted by Crippen LogP contribution is -1.89. The number of isocyanates is 1. The highest BCUT2D eigenvalue weighted by Crippen LogP contribution is 2.22. The summed E-state index contributed by atoms with van der Waals surface area (Å²) in [7, 11) is 1.31. The van der Waals surface area contributed by atoms with Gasteiger partial charge in [0, 0.05) is 12.3 Å². The number of pyridine rings is 1. The van der Waals surface area contributed by atoms with Gasteiger partial charge in [-0.15, -0.1) is 4.99 Å². The van der Waals surface area contributed by atoms with E-state index < -0.39 is 5.82 Å². The van der Waals surface area contributed by atoms with E-state index in [1.54, 1.807) is 0 Å². The first-order chi connectivity index (χ1) is 5.79. The summed E-state index contributed by atoms with van der Waals surface area (Å²) in [5.74, 6) is -1.08. The molecule has 1 heterocycles. The van der Waals surface area contributed by atoms with Crippen LogP contribution in [0.1, 0.15) is 0 Å². The fourth-order valence-corrected chi connectivity index (χ4v) is 0.694. The van der Waals surface area contributed by atoms with Crippen LogP contribution in [0.25, 0.3) is 0 Å². The molecule has 1 aromatic rings. The largest absolute Gasteiger partial charge is 0.493 e. The first-order valence-corrected chi connectivity index (χ1v) is 3.06. The van der Waals surface area contributed by atoms with Crippen LogP contribution in [-0.4, -0.2) is 18.2 Å². The maximum absolute atomic E-state index is 13.0. The minimum atomic E-state index is -0.761. The third-order valence-electron chi connectivity index (χ3n) is 1.21. The van der Waals surface area contributed by atoms with Crippen molar-refractivity contribution in [3.05, 3.63) is 18.1 Å². The number of aromatic nitrogens is 1. The molecule has 0 amide bonds. The molecule has 0 atom stereocenters. The predicted octanol–water partition coefficient (Wildman–Crippen LogP) is 1.20. The van der Waals surface area contributed by atoms with Crippen molar-refractivity contribution in [2.75, 3.05) is 7.11 Å². The van der Waals surface area contributed by atoms with Crippen molar-refractivity contribution in [2.45, 2.75) is 0 Å². The minimum Gasteiger partial charge on any atom is -0.493 e. The zero-order valence-corrected chi connectivity index (χ0v) is 6.24. The lowest BCUT2D eigenvalue weighted by molar-refractivity contribution is 0.386. The van der Waals surface area contributed by atoms with Crippen LogP contribution in [-0.2, 0) is 4.79 Å². The van der Waals surface area contributed by atoms with Crippen molar-refractivity contribution >= 4 is 11.9 Å². The van der Waals surface area contributed by atoms with E-state index in [0.717, 1.165) is 0 Å². The molecule has 0 aliphatic rings. The highest BCUT2D eigenvalue weighted by molar-refractivity contribution is 5.47. The van der Waals surface area contributed by atoms with Gasteiger partial charge in [0.2, 0.25) is 17.7 Å². The predicted molar refractivity (Wildman–Crippen MR) is 38.5 cm³/mol. The van der Waals surface area contributed by atoms with Gasteiger partial charge in [-0.25, -0.2) is 9.78 Å². The van der Waals surface area contributed by atoms with Crippen molar-refractivity contribution in [3.8, 4) is 5.75 Å². The number of halogens is 1. The van der Waals surface area contributed by atoms with Crippen molar-refractivity contribution in [2.24, 2.45) is 4.99 Å². The molecule has 0 spiro atoms. The Balaban J connectivity index is 3.22. The van der Waals surface area contributed by atoms with Crippen molar-refractivity contribution in [3.63, 3.8) is 0 Å². The number of carbonyl (C=O) groups excluding carboxylic acids is 1. The number of hydrogen-bond donors (Lipinski definition) is 0. The van der Waals surface area contributed by atoms with Crippen LogP contribution in [0.4, 0.5) is 10.2 Å². The van der Waals surface area contributed by atoms with Crippen molar-refractivity contribution in [1.82, 2.24) is 4.98 Å². The van der Waals surface area contributed by atoms with Crippen LogP contribution >= 0.6 is 0 Å². The van der Waals surface area contributed by atoms with Gasteiger partial charge in [0.1, 0.15) is 0 Å². The maximum atomic E-state index is 13.0. The second kappa shape index (κ2) is 3.59. The van der Waals surface area contributed by atoms with E-state index in [1.165, 1.54) is 25.5 Å². The molecule has 0 unspecified atom stereocenters. The molecule has 0 fully saturated rings. The summed E-state index contributed by atoms with van der Waals surface area (Å²) < 4.78 is 17.6. The van der Waals surface area contributed by atoms with Gasteiger partial charge in [0.25, 0.3) is 0 Å². The summed E-state index contributed by atoms with van der Waals surface area (Å²) in [6, 6.07) is 1.33. The Labute approximate surface area is 67.7 Å². The molecule has 0 bridgehead atoms. The number of nitrogens with zero attached hydrogens (tertiary/aromatic N) is 2. The SMILES string of the molecule is COc1ccnc(N=C=O)c1F. The normalized spacial score (nSPS) is 8.83. The molecule has 4 nitrogen and oxygen atoms in total. The minimum absolute atomic E-state index is 0.000926. The first kappa shape index (κ1) is 8.36. The standard InChI is InChI=1S/C7H5FN2O2/c1-12-5-2-3-9-7(6(5)8)10-4-11/h2-3H,1H3. The second-order valence-corrected chi connectivity index (χ2v) is 1.85. The van der Waals surface area contributed by atoms with E-state index in [-0.39, 0.29) is 11.6 Å². The van der Waals surface area contributed by atoms with Gasteiger partial charge in [-0.3, -0.25) is 0 Å². The third kappa shape index (κ3) is 1.46. The Kier molecular flexibility index (Phi) is 2.50. The quantitative estimate of drug-likeness (QED) is 0.492. The lowest BCUT2D eigenvalue weighted by Gasteiger charge is -2.00. The average Bonchev–Trinajstić information content (AvgIpc) is 2.09. The molecule has 12 heavy (non-hydrogen) atoms. The number of rotatable bonds is 2. The Morgan fingerprint density at radius 2 is 2.50 bits per heavy atom. The highest BCUT2D eigenvalue weighted by Gasteiger charge is 2.07. The van der Waals surface area contributed by atoms with Gasteiger partial charge in [-0.1, -0.05) is 0 Å². The van der Waals surface area contributed by atoms with Crippen LogP contribution in [0.15, 0.2) is 17.3 Å². The van der Waals surface area contributed by atoms with Gasteiger partial charge in [-0.05, 0) is 0 Å².